The second-order valence-electron chi connectivity index (χ2n) is 6.63. The van der Waals surface area contributed by atoms with Crippen molar-refractivity contribution in [2.75, 3.05) is 6.54 Å². The molecular formula is C19H19N5O2S. The standard InChI is InChI=1S/C19H19N5O2S/c1-23-8-13-9-24(10-15(18(20)26)17(13)22-23)16(25)7-14-11-27-19(21-14)12-5-3-2-4-6-12/h2-6,8,11,15H,7,9-10H2,1H3,(H2,20,26)/t15-/m1/s1. The van der Waals surface area contributed by atoms with Gasteiger partial charge in [0.1, 0.15) is 5.01 Å². The van der Waals surface area contributed by atoms with Gasteiger partial charge in [-0.1, -0.05) is 30.3 Å². The van der Waals surface area contributed by atoms with Crippen LogP contribution in [0.15, 0.2) is 41.9 Å². The molecule has 7 nitrogen and oxygen atoms in total. The lowest BCUT2D eigenvalue weighted by Crippen LogP contribution is -2.42. The number of rotatable bonds is 4. The van der Waals surface area contributed by atoms with E-state index in [-0.39, 0.29) is 18.9 Å². The summed E-state index contributed by atoms with van der Waals surface area (Å²) in [4.78, 5) is 30.9. The summed E-state index contributed by atoms with van der Waals surface area (Å²) < 4.78 is 1.65. The molecule has 2 aromatic heterocycles. The molecule has 0 bridgehead atoms. The summed E-state index contributed by atoms with van der Waals surface area (Å²) in [5, 5.41) is 7.13. The Hall–Kier alpha value is -3.00. The Morgan fingerprint density at radius 2 is 2.07 bits per heavy atom. The molecule has 138 valence electrons. The SMILES string of the molecule is Cn1cc2c(n1)[C@H](C(N)=O)CN(C(=O)Cc1csc(-c3ccccc3)n1)C2. The summed E-state index contributed by atoms with van der Waals surface area (Å²) >= 11 is 1.52. The maximum absolute atomic E-state index is 12.8. The van der Waals surface area contributed by atoms with Crippen LogP contribution in [0, 0.1) is 0 Å². The topological polar surface area (TPSA) is 94.1 Å². The first-order valence-corrected chi connectivity index (χ1v) is 9.48. The van der Waals surface area contributed by atoms with Crippen molar-refractivity contribution >= 4 is 23.2 Å². The fraction of sp³-hybridized carbons (Fsp3) is 0.263. The Balaban J connectivity index is 1.51. The van der Waals surface area contributed by atoms with Crippen molar-refractivity contribution in [3.8, 4) is 10.6 Å². The number of nitrogens with zero attached hydrogens (tertiary/aromatic N) is 4. The molecule has 0 spiro atoms. The van der Waals surface area contributed by atoms with Crippen LogP contribution in [0.25, 0.3) is 10.6 Å². The highest BCUT2D eigenvalue weighted by molar-refractivity contribution is 7.13. The van der Waals surface area contributed by atoms with Crippen LogP contribution in [0.1, 0.15) is 22.9 Å². The number of aromatic nitrogens is 3. The molecule has 0 saturated carbocycles. The monoisotopic (exact) mass is 381 g/mol. The van der Waals surface area contributed by atoms with Gasteiger partial charge in [0.05, 0.1) is 23.7 Å². The van der Waals surface area contributed by atoms with Gasteiger partial charge in [0, 0.05) is 42.8 Å². The van der Waals surface area contributed by atoms with Gasteiger partial charge >= 0.3 is 0 Å². The van der Waals surface area contributed by atoms with Gasteiger partial charge in [-0.05, 0) is 0 Å². The first-order valence-electron chi connectivity index (χ1n) is 8.60. The molecule has 0 unspecified atom stereocenters. The van der Waals surface area contributed by atoms with Gasteiger partial charge in [-0.25, -0.2) is 4.98 Å². The van der Waals surface area contributed by atoms with E-state index in [1.54, 1.807) is 16.6 Å². The average Bonchev–Trinajstić information content (AvgIpc) is 3.26. The van der Waals surface area contributed by atoms with E-state index in [0.717, 1.165) is 21.8 Å². The van der Waals surface area contributed by atoms with Crippen LogP contribution in [0.5, 0.6) is 0 Å². The minimum Gasteiger partial charge on any atom is -0.369 e. The van der Waals surface area contributed by atoms with Crippen LogP contribution < -0.4 is 5.73 Å². The van der Waals surface area contributed by atoms with Crippen molar-refractivity contribution in [2.24, 2.45) is 12.8 Å². The summed E-state index contributed by atoms with van der Waals surface area (Å²) in [6.45, 7) is 0.690. The molecule has 0 radical (unpaired) electrons. The number of carbonyl (C=O) groups is 2. The van der Waals surface area contributed by atoms with Gasteiger partial charge in [0.25, 0.3) is 0 Å². The van der Waals surface area contributed by atoms with E-state index in [0.29, 0.717) is 12.2 Å². The quantitative estimate of drug-likeness (QED) is 0.744. The Morgan fingerprint density at radius 3 is 2.81 bits per heavy atom. The minimum atomic E-state index is -0.575. The molecule has 1 aliphatic heterocycles. The summed E-state index contributed by atoms with van der Waals surface area (Å²) in [5.74, 6) is -1.11. The van der Waals surface area contributed by atoms with E-state index in [4.69, 9.17) is 5.73 Å². The van der Waals surface area contributed by atoms with Crippen LogP contribution in [-0.2, 0) is 29.6 Å². The lowest BCUT2D eigenvalue weighted by molar-refractivity contribution is -0.132. The number of nitrogens with two attached hydrogens (primary N) is 1. The Bertz CT molecular complexity index is 995. The fourth-order valence-corrected chi connectivity index (χ4v) is 4.16. The van der Waals surface area contributed by atoms with Crippen molar-refractivity contribution in [1.82, 2.24) is 19.7 Å². The largest absolute Gasteiger partial charge is 0.369 e. The smallest absolute Gasteiger partial charge is 0.228 e. The van der Waals surface area contributed by atoms with Gasteiger partial charge in [0.15, 0.2) is 0 Å². The van der Waals surface area contributed by atoms with E-state index in [9.17, 15) is 9.59 Å². The molecule has 4 rings (SSSR count). The van der Waals surface area contributed by atoms with Crippen LogP contribution in [0.4, 0.5) is 0 Å². The molecule has 1 aromatic carbocycles. The normalized spacial score (nSPS) is 16.2. The van der Waals surface area contributed by atoms with E-state index in [1.165, 1.54) is 11.3 Å². The molecule has 0 aliphatic carbocycles. The molecule has 0 fully saturated rings. The number of primary amides is 1. The highest BCUT2D eigenvalue weighted by atomic mass is 32.1. The van der Waals surface area contributed by atoms with Gasteiger partial charge in [-0.15, -0.1) is 11.3 Å². The number of hydrogen-bond acceptors (Lipinski definition) is 5. The molecule has 27 heavy (non-hydrogen) atoms. The second kappa shape index (κ2) is 6.96. The summed E-state index contributed by atoms with van der Waals surface area (Å²) in [6.07, 6.45) is 2.03. The third-order valence-corrected chi connectivity index (χ3v) is 5.57. The predicted molar refractivity (Wildman–Crippen MR) is 102 cm³/mol. The third kappa shape index (κ3) is 3.48. The summed E-state index contributed by atoms with van der Waals surface area (Å²) in [7, 11) is 1.79. The number of carbonyl (C=O) groups excluding carboxylic acids is 2. The number of benzene rings is 1. The molecule has 3 heterocycles. The number of amides is 2. The average molecular weight is 381 g/mol. The Labute approximate surface area is 160 Å². The first kappa shape index (κ1) is 17.4. The molecule has 1 atom stereocenters. The Kier molecular flexibility index (Phi) is 4.49. The van der Waals surface area contributed by atoms with Crippen molar-refractivity contribution in [3.63, 3.8) is 0 Å². The van der Waals surface area contributed by atoms with Crippen molar-refractivity contribution in [1.29, 1.82) is 0 Å². The zero-order chi connectivity index (χ0) is 19.0. The fourth-order valence-electron chi connectivity index (χ4n) is 3.33. The van der Waals surface area contributed by atoms with Gasteiger partial charge in [-0.2, -0.15) is 5.10 Å². The van der Waals surface area contributed by atoms with Crippen LogP contribution >= 0.6 is 11.3 Å². The van der Waals surface area contributed by atoms with Crippen LogP contribution in [-0.4, -0.2) is 38.0 Å². The number of aryl methyl sites for hydroxylation is 1. The number of thiazole rings is 1. The molecule has 0 saturated heterocycles. The summed E-state index contributed by atoms with van der Waals surface area (Å²) in [5.41, 5.74) is 8.85. The highest BCUT2D eigenvalue weighted by Crippen LogP contribution is 2.28. The molecular weight excluding hydrogens is 362 g/mol. The van der Waals surface area contributed by atoms with Gasteiger partial charge in [0.2, 0.25) is 11.8 Å². The maximum atomic E-state index is 12.8. The maximum Gasteiger partial charge on any atom is 0.228 e. The van der Waals surface area contributed by atoms with Gasteiger partial charge in [-0.3, -0.25) is 14.3 Å². The first-order chi connectivity index (χ1) is 13.0. The second-order valence-corrected chi connectivity index (χ2v) is 7.49. The van der Waals surface area contributed by atoms with Gasteiger partial charge < -0.3 is 10.6 Å². The van der Waals surface area contributed by atoms with Crippen molar-refractivity contribution < 1.29 is 9.59 Å². The predicted octanol–water partition coefficient (Wildman–Crippen LogP) is 1.70. The van der Waals surface area contributed by atoms with Crippen molar-refractivity contribution in [2.45, 2.75) is 18.9 Å². The third-order valence-electron chi connectivity index (χ3n) is 4.63. The molecule has 8 heteroatoms. The Morgan fingerprint density at radius 1 is 1.30 bits per heavy atom. The number of hydrogen-bond donors (Lipinski definition) is 1. The van der Waals surface area contributed by atoms with Crippen LogP contribution in [0.3, 0.4) is 0 Å². The lowest BCUT2D eigenvalue weighted by Gasteiger charge is -2.30. The molecule has 3 aromatic rings. The minimum absolute atomic E-state index is 0.0688. The summed E-state index contributed by atoms with van der Waals surface area (Å²) in [6, 6.07) is 9.88. The van der Waals surface area contributed by atoms with E-state index < -0.39 is 11.8 Å². The highest BCUT2D eigenvalue weighted by Gasteiger charge is 2.34. The number of fused-ring (bicyclic) bond motifs is 1. The van der Waals surface area contributed by atoms with Crippen LogP contribution in [0.2, 0.25) is 0 Å². The zero-order valence-corrected chi connectivity index (χ0v) is 15.6. The molecule has 1 aliphatic rings. The molecule has 2 N–H and O–H groups in total. The lowest BCUT2D eigenvalue weighted by atomic mass is 9.95. The van der Waals surface area contributed by atoms with Crippen molar-refractivity contribution in [3.05, 3.63) is 58.9 Å². The van der Waals surface area contributed by atoms with E-state index in [2.05, 4.69) is 10.1 Å². The zero-order valence-electron chi connectivity index (χ0n) is 14.8. The molecule has 2 amide bonds. The van der Waals surface area contributed by atoms with E-state index >= 15 is 0 Å². The van der Waals surface area contributed by atoms with E-state index in [1.807, 2.05) is 41.9 Å².